The lowest BCUT2D eigenvalue weighted by Gasteiger charge is -1.94. The van der Waals surface area contributed by atoms with Crippen LogP contribution in [0.25, 0.3) is 0 Å². The Hall–Kier alpha value is -1.09. The van der Waals surface area contributed by atoms with Gasteiger partial charge in [0.2, 0.25) is 0 Å². The first-order valence-corrected chi connectivity index (χ1v) is 3.59. The Morgan fingerprint density at radius 2 is 2.55 bits per heavy atom. The summed E-state index contributed by atoms with van der Waals surface area (Å²) in [6, 6.07) is 0. The molecule has 0 aromatic carbocycles. The van der Waals surface area contributed by atoms with Crippen LogP contribution < -0.4 is 0 Å². The molecule has 0 aliphatic rings. The van der Waals surface area contributed by atoms with Gasteiger partial charge in [-0.3, -0.25) is 0 Å². The lowest BCUT2D eigenvalue weighted by atomic mass is 10.3. The van der Waals surface area contributed by atoms with Crippen LogP contribution in [0.1, 0.15) is 5.69 Å². The number of hydrogen-bond donors (Lipinski definition) is 1. The number of aromatic nitrogens is 2. The van der Waals surface area contributed by atoms with Crippen molar-refractivity contribution in [2.24, 2.45) is 0 Å². The van der Waals surface area contributed by atoms with Crippen LogP contribution in [-0.2, 0) is 13.0 Å². The number of hydrogen-bond acceptors (Lipinski definition) is 2. The summed E-state index contributed by atoms with van der Waals surface area (Å²) in [5.41, 5.74) is 0.994. The molecule has 3 nitrogen and oxygen atoms in total. The molecule has 0 bridgehead atoms. The van der Waals surface area contributed by atoms with Crippen molar-refractivity contribution >= 4 is 0 Å². The van der Waals surface area contributed by atoms with Crippen LogP contribution in [0.15, 0.2) is 25.2 Å². The smallest absolute Gasteiger partial charge is 0.0950 e. The lowest BCUT2D eigenvalue weighted by molar-refractivity contribution is 0.276. The number of imidazole rings is 1. The van der Waals surface area contributed by atoms with Crippen molar-refractivity contribution in [3.8, 4) is 0 Å². The molecule has 60 valence electrons. The molecular formula is C8H12N2O. The van der Waals surface area contributed by atoms with E-state index in [0.717, 1.165) is 12.1 Å². The minimum Gasteiger partial charge on any atom is -0.395 e. The van der Waals surface area contributed by atoms with E-state index in [9.17, 15) is 0 Å². The third kappa shape index (κ3) is 2.20. The largest absolute Gasteiger partial charge is 0.395 e. The Labute approximate surface area is 66.0 Å². The molecule has 1 N–H and O–H groups in total. The lowest BCUT2D eigenvalue weighted by Crippen LogP contribution is -1.97. The van der Waals surface area contributed by atoms with Crippen molar-refractivity contribution < 1.29 is 5.11 Å². The second-order valence-corrected chi connectivity index (χ2v) is 2.32. The van der Waals surface area contributed by atoms with Crippen LogP contribution in [0.5, 0.6) is 0 Å². The van der Waals surface area contributed by atoms with Gasteiger partial charge in [0.1, 0.15) is 0 Å². The van der Waals surface area contributed by atoms with E-state index < -0.39 is 0 Å². The van der Waals surface area contributed by atoms with E-state index in [1.165, 1.54) is 0 Å². The zero-order chi connectivity index (χ0) is 8.10. The molecule has 1 aromatic rings. The predicted molar refractivity (Wildman–Crippen MR) is 43.2 cm³/mol. The molecule has 11 heavy (non-hydrogen) atoms. The number of nitrogens with zero attached hydrogens (tertiary/aromatic N) is 2. The summed E-state index contributed by atoms with van der Waals surface area (Å²) in [7, 11) is 0. The van der Waals surface area contributed by atoms with E-state index in [4.69, 9.17) is 5.11 Å². The highest BCUT2D eigenvalue weighted by Gasteiger charge is 1.94. The molecule has 0 fully saturated rings. The first kappa shape index (κ1) is 8.01. The average Bonchev–Trinajstić information content (AvgIpc) is 2.38. The number of allylic oxidation sites excluding steroid dienone is 1. The predicted octanol–water partition coefficient (Wildman–Crippen LogP) is 0.604. The summed E-state index contributed by atoms with van der Waals surface area (Å²) in [4.78, 5) is 4.11. The number of rotatable bonds is 4. The number of aliphatic hydroxyl groups excluding tert-OH is 1. The zero-order valence-electron chi connectivity index (χ0n) is 6.40. The minimum atomic E-state index is 0.157. The van der Waals surface area contributed by atoms with Gasteiger partial charge in [0.05, 0.1) is 18.6 Å². The first-order valence-electron chi connectivity index (χ1n) is 3.59. The third-order valence-corrected chi connectivity index (χ3v) is 1.40. The van der Waals surface area contributed by atoms with Gasteiger partial charge in [-0.05, 0) is 0 Å². The van der Waals surface area contributed by atoms with E-state index in [-0.39, 0.29) is 6.61 Å². The maximum atomic E-state index is 8.59. The quantitative estimate of drug-likeness (QED) is 0.642. The Kier molecular flexibility index (Phi) is 2.86. The Morgan fingerprint density at radius 3 is 3.18 bits per heavy atom. The van der Waals surface area contributed by atoms with Crippen molar-refractivity contribution in [1.82, 2.24) is 9.55 Å². The van der Waals surface area contributed by atoms with Crippen LogP contribution in [0.3, 0.4) is 0 Å². The highest BCUT2D eigenvalue weighted by Crippen LogP contribution is 1.96. The molecule has 3 heteroatoms. The van der Waals surface area contributed by atoms with Gasteiger partial charge >= 0.3 is 0 Å². The topological polar surface area (TPSA) is 38.0 Å². The third-order valence-electron chi connectivity index (χ3n) is 1.40. The van der Waals surface area contributed by atoms with Gasteiger partial charge in [-0.2, -0.15) is 0 Å². The Balaban J connectivity index is 2.57. The average molecular weight is 152 g/mol. The fourth-order valence-electron chi connectivity index (χ4n) is 0.897. The normalized spacial score (nSPS) is 9.91. The standard InChI is InChI=1S/C8H12N2O/c1-2-3-8-6-10(4-5-11)7-9-8/h2,6-7,11H,1,3-5H2. The maximum Gasteiger partial charge on any atom is 0.0950 e. The minimum absolute atomic E-state index is 0.157. The van der Waals surface area contributed by atoms with E-state index in [1.54, 1.807) is 6.33 Å². The monoisotopic (exact) mass is 152 g/mol. The molecule has 0 radical (unpaired) electrons. The summed E-state index contributed by atoms with van der Waals surface area (Å²) in [5.74, 6) is 0. The second kappa shape index (κ2) is 3.93. The Bertz CT molecular complexity index is 230. The molecule has 0 atom stereocenters. The molecule has 0 aliphatic heterocycles. The molecule has 0 unspecified atom stereocenters. The second-order valence-electron chi connectivity index (χ2n) is 2.32. The van der Waals surface area contributed by atoms with Crippen LogP contribution in [0.4, 0.5) is 0 Å². The van der Waals surface area contributed by atoms with Crippen molar-refractivity contribution in [2.45, 2.75) is 13.0 Å². The molecule has 1 heterocycles. The SMILES string of the molecule is C=CCc1cn(CCO)cn1. The highest BCUT2D eigenvalue weighted by molar-refractivity contribution is 5.01. The first-order chi connectivity index (χ1) is 5.36. The van der Waals surface area contributed by atoms with Gasteiger partial charge in [0.25, 0.3) is 0 Å². The maximum absolute atomic E-state index is 8.59. The fraction of sp³-hybridized carbons (Fsp3) is 0.375. The summed E-state index contributed by atoms with van der Waals surface area (Å²) >= 11 is 0. The summed E-state index contributed by atoms with van der Waals surface area (Å²) < 4.78 is 1.86. The molecule has 0 amide bonds. The van der Waals surface area contributed by atoms with Crippen LogP contribution >= 0.6 is 0 Å². The molecule has 0 aliphatic carbocycles. The van der Waals surface area contributed by atoms with Crippen LogP contribution in [0.2, 0.25) is 0 Å². The molecule has 0 spiro atoms. The number of aliphatic hydroxyl groups is 1. The molecule has 0 saturated carbocycles. The van der Waals surface area contributed by atoms with Crippen LogP contribution in [0, 0.1) is 0 Å². The van der Waals surface area contributed by atoms with Gasteiger partial charge in [0.15, 0.2) is 0 Å². The molecule has 1 rings (SSSR count). The summed E-state index contributed by atoms with van der Waals surface area (Å²) in [5, 5.41) is 8.59. The fourth-order valence-corrected chi connectivity index (χ4v) is 0.897. The Morgan fingerprint density at radius 1 is 1.73 bits per heavy atom. The van der Waals surface area contributed by atoms with Crippen molar-refractivity contribution in [3.63, 3.8) is 0 Å². The van der Waals surface area contributed by atoms with Gasteiger partial charge in [-0.25, -0.2) is 4.98 Å². The van der Waals surface area contributed by atoms with Crippen molar-refractivity contribution in [3.05, 3.63) is 30.9 Å². The van der Waals surface area contributed by atoms with Gasteiger partial charge in [0, 0.05) is 19.2 Å². The van der Waals surface area contributed by atoms with E-state index in [0.29, 0.717) is 6.54 Å². The molecule has 1 aromatic heterocycles. The summed E-state index contributed by atoms with van der Waals surface area (Å²) in [6.45, 7) is 4.38. The van der Waals surface area contributed by atoms with Gasteiger partial charge in [-0.15, -0.1) is 6.58 Å². The van der Waals surface area contributed by atoms with E-state index in [1.807, 2.05) is 16.8 Å². The summed E-state index contributed by atoms with van der Waals surface area (Å²) in [6.07, 6.45) is 6.23. The van der Waals surface area contributed by atoms with Crippen molar-refractivity contribution in [1.29, 1.82) is 0 Å². The van der Waals surface area contributed by atoms with Gasteiger partial charge < -0.3 is 9.67 Å². The molecular weight excluding hydrogens is 140 g/mol. The van der Waals surface area contributed by atoms with E-state index in [2.05, 4.69) is 11.6 Å². The van der Waals surface area contributed by atoms with Crippen molar-refractivity contribution in [2.75, 3.05) is 6.61 Å². The van der Waals surface area contributed by atoms with E-state index >= 15 is 0 Å². The highest BCUT2D eigenvalue weighted by atomic mass is 16.3. The molecule has 0 saturated heterocycles. The van der Waals surface area contributed by atoms with Gasteiger partial charge in [-0.1, -0.05) is 6.08 Å². The zero-order valence-corrected chi connectivity index (χ0v) is 6.40. The van der Waals surface area contributed by atoms with Crippen LogP contribution in [-0.4, -0.2) is 21.3 Å².